The van der Waals surface area contributed by atoms with Crippen LogP contribution in [0.15, 0.2) is 0 Å². The van der Waals surface area contributed by atoms with Gasteiger partial charge in [0.05, 0.1) is 12.3 Å². The Kier molecular flexibility index (Phi) is 4.61. The highest BCUT2D eigenvalue weighted by molar-refractivity contribution is 5.77. The Balaban J connectivity index is 2.17. The van der Waals surface area contributed by atoms with Gasteiger partial charge in [-0.1, -0.05) is 6.92 Å². The van der Waals surface area contributed by atoms with Crippen molar-refractivity contribution in [2.75, 3.05) is 39.6 Å². The van der Waals surface area contributed by atoms with Gasteiger partial charge in [0.25, 0.3) is 0 Å². The topological polar surface area (TPSA) is 74.1 Å². The molecule has 0 bridgehead atoms. The number of fused-ring (bicyclic) bond motifs is 1. The second-order valence-electron chi connectivity index (χ2n) is 5.01. The summed E-state index contributed by atoms with van der Waals surface area (Å²) < 4.78 is 8.98. The number of rotatable bonds is 7. The van der Waals surface area contributed by atoms with Crippen molar-refractivity contribution in [2.24, 2.45) is 7.05 Å². The zero-order valence-corrected chi connectivity index (χ0v) is 12.8. The molecule has 0 saturated carbocycles. The molecular weight excluding hydrogens is 256 g/mol. The van der Waals surface area contributed by atoms with Crippen LogP contribution >= 0.6 is 0 Å². The zero-order chi connectivity index (χ0) is 14.7. The molecule has 2 heterocycles. The van der Waals surface area contributed by atoms with Crippen molar-refractivity contribution in [2.45, 2.75) is 19.9 Å². The maximum atomic E-state index is 6.04. The van der Waals surface area contributed by atoms with Crippen LogP contribution in [0.5, 0.6) is 0 Å². The van der Waals surface area contributed by atoms with Crippen LogP contribution in [-0.2, 0) is 24.8 Å². The number of aromatic nitrogens is 4. The zero-order valence-electron chi connectivity index (χ0n) is 12.8. The van der Waals surface area contributed by atoms with Gasteiger partial charge < -0.3 is 15.4 Å². The normalized spacial score (nSPS) is 11.8. The van der Waals surface area contributed by atoms with E-state index in [1.54, 1.807) is 7.11 Å². The third-order valence-electron chi connectivity index (χ3n) is 3.54. The fraction of sp³-hybridized carbons (Fsp3) is 0.692. The second-order valence-corrected chi connectivity index (χ2v) is 5.01. The van der Waals surface area contributed by atoms with E-state index in [1.165, 1.54) is 0 Å². The number of imidazole rings is 1. The Morgan fingerprint density at radius 3 is 2.75 bits per heavy atom. The molecule has 0 radical (unpaired) electrons. The summed E-state index contributed by atoms with van der Waals surface area (Å²) in [4.78, 5) is 6.67. The minimum absolute atomic E-state index is 0.558. The third-order valence-corrected chi connectivity index (χ3v) is 3.54. The van der Waals surface area contributed by atoms with Gasteiger partial charge in [0.2, 0.25) is 5.95 Å². The lowest BCUT2D eigenvalue weighted by atomic mass is 10.3. The van der Waals surface area contributed by atoms with E-state index in [-0.39, 0.29) is 0 Å². The van der Waals surface area contributed by atoms with Crippen molar-refractivity contribution in [1.82, 2.24) is 24.2 Å². The van der Waals surface area contributed by atoms with Crippen LogP contribution in [0.2, 0.25) is 0 Å². The molecule has 0 aliphatic rings. The molecule has 0 unspecified atom stereocenters. The van der Waals surface area contributed by atoms with Gasteiger partial charge in [-0.3, -0.25) is 9.25 Å². The largest absolute Gasteiger partial charge is 0.383 e. The first-order valence-corrected chi connectivity index (χ1v) is 6.93. The van der Waals surface area contributed by atoms with Crippen LogP contribution in [0.25, 0.3) is 11.2 Å². The van der Waals surface area contributed by atoms with E-state index >= 15 is 0 Å². The van der Waals surface area contributed by atoms with E-state index in [9.17, 15) is 0 Å². The van der Waals surface area contributed by atoms with Crippen molar-refractivity contribution in [3.05, 3.63) is 5.69 Å². The molecular formula is C13H24N6O. The highest BCUT2D eigenvalue weighted by Crippen LogP contribution is 2.21. The lowest BCUT2D eigenvalue weighted by Crippen LogP contribution is -2.27. The van der Waals surface area contributed by atoms with Gasteiger partial charge >= 0.3 is 0 Å². The van der Waals surface area contributed by atoms with Crippen LogP contribution < -0.4 is 5.73 Å². The summed E-state index contributed by atoms with van der Waals surface area (Å²) in [5.74, 6) is 0.558. The van der Waals surface area contributed by atoms with Crippen LogP contribution in [0.3, 0.4) is 0 Å². The number of hydrogen-bond acceptors (Lipinski definition) is 5. The first-order valence-electron chi connectivity index (χ1n) is 6.93. The second kappa shape index (κ2) is 6.23. The monoisotopic (exact) mass is 280 g/mol. The molecule has 0 atom stereocenters. The molecule has 0 amide bonds. The van der Waals surface area contributed by atoms with Crippen LogP contribution in [0, 0.1) is 0 Å². The summed E-state index contributed by atoms with van der Waals surface area (Å²) in [6.07, 6.45) is 0.863. The van der Waals surface area contributed by atoms with Gasteiger partial charge in [-0.2, -0.15) is 5.10 Å². The molecule has 0 aromatic carbocycles. The molecule has 7 heteroatoms. The maximum absolute atomic E-state index is 6.04. The van der Waals surface area contributed by atoms with Crippen molar-refractivity contribution >= 4 is 17.1 Å². The van der Waals surface area contributed by atoms with Gasteiger partial charge in [-0.05, 0) is 13.5 Å². The smallest absolute Gasteiger partial charge is 0.202 e. The highest BCUT2D eigenvalue weighted by Gasteiger charge is 2.16. The lowest BCUT2D eigenvalue weighted by molar-refractivity contribution is 0.159. The number of ether oxygens (including phenoxy) is 1. The Bertz CT molecular complexity index is 573. The molecule has 0 aliphatic carbocycles. The molecule has 112 valence electrons. The van der Waals surface area contributed by atoms with E-state index in [2.05, 4.69) is 29.0 Å². The van der Waals surface area contributed by atoms with Crippen LogP contribution in [0.4, 0.5) is 5.95 Å². The highest BCUT2D eigenvalue weighted by atomic mass is 16.5. The van der Waals surface area contributed by atoms with E-state index in [4.69, 9.17) is 10.5 Å². The van der Waals surface area contributed by atoms with Crippen LogP contribution in [0.1, 0.15) is 12.6 Å². The first-order chi connectivity index (χ1) is 9.58. The van der Waals surface area contributed by atoms with Crippen LogP contribution in [-0.4, -0.2) is 58.1 Å². The third kappa shape index (κ3) is 2.78. The minimum Gasteiger partial charge on any atom is -0.383 e. The first kappa shape index (κ1) is 14.8. The van der Waals surface area contributed by atoms with Gasteiger partial charge in [0, 0.05) is 33.8 Å². The Hall–Kier alpha value is -1.60. The minimum atomic E-state index is 0.558. The molecule has 0 saturated heterocycles. The standard InChI is InChI=1S/C13H24N6O/c1-5-10-11-12(18(3)16-10)19(13(14)15-11)7-6-17(2)8-9-20-4/h5-9H2,1-4H3,(H2,14,15). The molecule has 2 rings (SSSR count). The summed E-state index contributed by atoms with van der Waals surface area (Å²) in [5.41, 5.74) is 8.97. The number of nitrogens with zero attached hydrogens (tertiary/aromatic N) is 5. The predicted octanol–water partition coefficient (Wildman–Crippen LogP) is 0.493. The predicted molar refractivity (Wildman–Crippen MR) is 79.7 cm³/mol. The van der Waals surface area contributed by atoms with E-state index in [0.717, 1.165) is 49.5 Å². The van der Waals surface area contributed by atoms with E-state index < -0.39 is 0 Å². The maximum Gasteiger partial charge on any atom is 0.202 e. The fourth-order valence-electron chi connectivity index (χ4n) is 2.35. The Morgan fingerprint density at radius 2 is 2.10 bits per heavy atom. The molecule has 2 aromatic heterocycles. The Morgan fingerprint density at radius 1 is 1.35 bits per heavy atom. The number of hydrogen-bond donors (Lipinski definition) is 1. The van der Waals surface area contributed by atoms with Gasteiger partial charge in [-0.25, -0.2) is 4.98 Å². The Labute approximate surface area is 119 Å². The summed E-state index contributed by atoms with van der Waals surface area (Å²) in [6, 6.07) is 0. The van der Waals surface area contributed by atoms with Crippen molar-refractivity contribution < 1.29 is 4.74 Å². The average molecular weight is 280 g/mol. The molecule has 7 nitrogen and oxygen atoms in total. The molecule has 0 fully saturated rings. The van der Waals surface area contributed by atoms with Gasteiger partial charge in [0.1, 0.15) is 5.52 Å². The lowest BCUT2D eigenvalue weighted by Gasteiger charge is -2.16. The number of methoxy groups -OCH3 is 1. The summed E-state index contributed by atoms with van der Waals surface area (Å²) in [6.45, 7) is 5.41. The number of anilines is 1. The quantitative estimate of drug-likeness (QED) is 0.799. The van der Waals surface area contributed by atoms with Crippen molar-refractivity contribution in [3.8, 4) is 0 Å². The van der Waals surface area contributed by atoms with E-state index in [0.29, 0.717) is 5.95 Å². The molecule has 20 heavy (non-hydrogen) atoms. The summed E-state index contributed by atoms with van der Waals surface area (Å²) in [7, 11) is 5.73. The molecule has 2 N–H and O–H groups in total. The number of nitrogen functional groups attached to an aromatic ring is 1. The van der Waals surface area contributed by atoms with Gasteiger partial charge in [-0.15, -0.1) is 0 Å². The number of nitrogens with two attached hydrogens (primary N) is 1. The average Bonchev–Trinajstić information content (AvgIpc) is 2.91. The number of aryl methyl sites for hydroxylation is 2. The van der Waals surface area contributed by atoms with Gasteiger partial charge in [0.15, 0.2) is 5.65 Å². The van der Waals surface area contributed by atoms with Crippen molar-refractivity contribution in [3.63, 3.8) is 0 Å². The van der Waals surface area contributed by atoms with Crippen molar-refractivity contribution in [1.29, 1.82) is 0 Å². The number of likely N-dealkylation sites (N-methyl/N-ethyl adjacent to an activating group) is 1. The molecule has 0 aliphatic heterocycles. The summed E-state index contributed by atoms with van der Waals surface area (Å²) >= 11 is 0. The molecule has 2 aromatic rings. The fourth-order valence-corrected chi connectivity index (χ4v) is 2.35. The van der Waals surface area contributed by atoms with E-state index in [1.807, 2.05) is 16.3 Å². The SMILES string of the molecule is CCc1nn(C)c2c1nc(N)n2CCN(C)CCOC. The summed E-state index contributed by atoms with van der Waals surface area (Å²) in [5, 5.41) is 4.49. The molecule has 0 spiro atoms.